The van der Waals surface area contributed by atoms with E-state index in [4.69, 9.17) is 15.2 Å². The number of methoxy groups -OCH3 is 2. The molecule has 2 aromatic rings. The van der Waals surface area contributed by atoms with Crippen LogP contribution in [0.4, 0.5) is 0 Å². The monoisotopic (exact) mass is 552 g/mol. The van der Waals surface area contributed by atoms with E-state index in [1.54, 1.807) is 6.07 Å². The second-order valence-corrected chi connectivity index (χ2v) is 10.6. The van der Waals surface area contributed by atoms with Gasteiger partial charge in [-0.3, -0.25) is 28.9 Å². The zero-order chi connectivity index (χ0) is 29.3. The largest absolute Gasteiger partial charge is 0.507 e. The number of carbonyl (C=O) groups excluding carboxylic acids is 5. The maximum Gasteiger partial charge on any atom is 0.319 e. The van der Waals surface area contributed by atoms with Crippen molar-refractivity contribution in [3.63, 3.8) is 0 Å². The van der Waals surface area contributed by atoms with E-state index in [0.717, 1.165) is 0 Å². The maximum absolute atomic E-state index is 13.9. The zero-order valence-electron chi connectivity index (χ0n) is 22.2. The van der Waals surface area contributed by atoms with Gasteiger partial charge in [0.15, 0.2) is 34.7 Å². The number of amides is 1. The molecule has 13 nitrogen and oxygen atoms in total. The fraction of sp³-hybridized carbons (Fsp3) is 0.444. The highest BCUT2D eigenvalue weighted by Crippen LogP contribution is 2.52. The van der Waals surface area contributed by atoms with Crippen molar-refractivity contribution < 1.29 is 43.7 Å². The number of hydrogen-bond donors (Lipinski definition) is 3. The number of hydrogen-bond acceptors (Lipinski definition) is 12. The average Bonchev–Trinajstić information content (AvgIpc) is 2.90. The summed E-state index contributed by atoms with van der Waals surface area (Å²) in [5.74, 6) is -11.0. The van der Waals surface area contributed by atoms with E-state index < -0.39 is 64.4 Å². The number of phenols is 1. The SMILES string of the molecule is COc1ncc(-c2ccc(O)c3c2CC2CC4C(N(C)C)C(=O)C(C(N)=O)C(=O)C4(O)C(=O)C2C3=O)c(OC)n1. The van der Waals surface area contributed by atoms with Crippen LogP contribution >= 0.6 is 0 Å². The second kappa shape index (κ2) is 9.45. The number of nitrogens with two attached hydrogens (primary N) is 1. The molecule has 1 aromatic heterocycles. The number of nitrogens with zero attached hydrogens (tertiary/aromatic N) is 3. The number of carbonyl (C=O) groups is 5. The Morgan fingerprint density at radius 1 is 1.10 bits per heavy atom. The predicted octanol–water partition coefficient (Wildman–Crippen LogP) is -0.659. The molecule has 40 heavy (non-hydrogen) atoms. The van der Waals surface area contributed by atoms with Gasteiger partial charge in [-0.25, -0.2) is 4.98 Å². The lowest BCUT2D eigenvalue weighted by Crippen LogP contribution is -2.74. The number of aromatic nitrogens is 2. The average molecular weight is 553 g/mol. The molecule has 6 atom stereocenters. The summed E-state index contributed by atoms with van der Waals surface area (Å²) in [5, 5.41) is 22.4. The normalized spacial score (nSPS) is 29.5. The molecular weight excluding hydrogens is 524 g/mol. The van der Waals surface area contributed by atoms with Crippen molar-refractivity contribution in [1.29, 1.82) is 0 Å². The molecule has 210 valence electrons. The van der Waals surface area contributed by atoms with Crippen LogP contribution in [0.2, 0.25) is 0 Å². The van der Waals surface area contributed by atoms with Crippen LogP contribution in [0.15, 0.2) is 18.3 Å². The summed E-state index contributed by atoms with van der Waals surface area (Å²) in [6, 6.07) is 1.73. The Balaban J connectivity index is 1.66. The summed E-state index contributed by atoms with van der Waals surface area (Å²) < 4.78 is 10.5. The molecule has 13 heteroatoms. The molecule has 6 unspecified atom stereocenters. The fourth-order valence-electron chi connectivity index (χ4n) is 6.65. The van der Waals surface area contributed by atoms with Gasteiger partial charge in [-0.15, -0.1) is 0 Å². The number of benzene rings is 1. The van der Waals surface area contributed by atoms with E-state index in [9.17, 15) is 34.2 Å². The van der Waals surface area contributed by atoms with Gasteiger partial charge in [0.25, 0.3) is 0 Å². The van der Waals surface area contributed by atoms with Gasteiger partial charge in [-0.2, -0.15) is 4.98 Å². The van der Waals surface area contributed by atoms with E-state index in [0.29, 0.717) is 16.7 Å². The summed E-state index contributed by atoms with van der Waals surface area (Å²) >= 11 is 0. The Morgan fingerprint density at radius 3 is 2.40 bits per heavy atom. The Labute approximate surface area is 228 Å². The minimum atomic E-state index is -2.78. The first-order valence-electron chi connectivity index (χ1n) is 12.5. The molecule has 1 heterocycles. The van der Waals surface area contributed by atoms with Crippen LogP contribution in [-0.4, -0.2) is 94.1 Å². The van der Waals surface area contributed by atoms with Gasteiger partial charge in [0.2, 0.25) is 11.8 Å². The number of ether oxygens (including phenoxy) is 2. The van der Waals surface area contributed by atoms with Crippen molar-refractivity contribution in [2.45, 2.75) is 24.5 Å². The van der Waals surface area contributed by atoms with Gasteiger partial charge in [-0.05, 0) is 50.0 Å². The first kappa shape index (κ1) is 27.3. The highest BCUT2D eigenvalue weighted by atomic mass is 16.5. The smallest absolute Gasteiger partial charge is 0.319 e. The summed E-state index contributed by atoms with van der Waals surface area (Å²) in [6.45, 7) is 0. The number of rotatable bonds is 5. The van der Waals surface area contributed by atoms with Gasteiger partial charge in [0.1, 0.15) is 5.75 Å². The Hall–Kier alpha value is -4.23. The maximum atomic E-state index is 13.9. The third kappa shape index (κ3) is 3.64. The number of phenolic OH excluding ortho intramolecular Hbond substituents is 1. The zero-order valence-corrected chi connectivity index (χ0v) is 22.2. The minimum Gasteiger partial charge on any atom is -0.507 e. The standard InChI is InChI=1S/C27H28N4O9/c1-31(2)19-14-8-10-7-12-11(13-9-29-26(40-4)30-25(13)39-3)5-6-15(32)17(12)20(33)16(10)22(35)27(14,38)23(36)18(21(19)34)24(28)37/h5-6,9-10,14,16,18-19,32,38H,7-8H2,1-4H3,(H2,28,37). The fourth-order valence-corrected chi connectivity index (χ4v) is 6.65. The minimum absolute atomic E-state index is 0.0529. The summed E-state index contributed by atoms with van der Waals surface area (Å²) in [4.78, 5) is 76.2. The van der Waals surface area contributed by atoms with Crippen molar-refractivity contribution >= 4 is 29.0 Å². The molecule has 3 aliphatic carbocycles. The van der Waals surface area contributed by atoms with Crippen molar-refractivity contribution in [2.24, 2.45) is 29.4 Å². The molecule has 0 aliphatic heterocycles. The van der Waals surface area contributed by atoms with Gasteiger partial charge >= 0.3 is 6.01 Å². The van der Waals surface area contributed by atoms with E-state index in [1.807, 2.05) is 0 Å². The number of aliphatic hydroxyl groups is 1. The van der Waals surface area contributed by atoms with Crippen LogP contribution in [0.3, 0.4) is 0 Å². The van der Waals surface area contributed by atoms with Crippen LogP contribution in [-0.2, 0) is 25.6 Å². The van der Waals surface area contributed by atoms with E-state index in [1.165, 1.54) is 45.5 Å². The Kier molecular flexibility index (Phi) is 6.46. The van der Waals surface area contributed by atoms with Crippen LogP contribution in [0.1, 0.15) is 22.3 Å². The van der Waals surface area contributed by atoms with Crippen LogP contribution in [0.25, 0.3) is 11.1 Å². The first-order chi connectivity index (χ1) is 18.9. The van der Waals surface area contributed by atoms with Crippen LogP contribution in [0.5, 0.6) is 17.6 Å². The molecular formula is C27H28N4O9. The Morgan fingerprint density at radius 2 is 1.80 bits per heavy atom. The molecule has 1 amide bonds. The second-order valence-electron chi connectivity index (χ2n) is 10.6. The number of Topliss-reactive ketones (excluding diaryl/α,β-unsaturated/α-hetero) is 4. The lowest BCUT2D eigenvalue weighted by atomic mass is 9.52. The van der Waals surface area contributed by atoms with Gasteiger partial charge in [0, 0.05) is 12.1 Å². The van der Waals surface area contributed by atoms with Gasteiger partial charge in [0.05, 0.1) is 37.3 Å². The molecule has 0 radical (unpaired) electrons. The van der Waals surface area contributed by atoms with Crippen LogP contribution in [0, 0.1) is 23.7 Å². The van der Waals surface area contributed by atoms with E-state index in [2.05, 4.69) is 9.97 Å². The van der Waals surface area contributed by atoms with Gasteiger partial charge < -0.3 is 25.4 Å². The number of fused-ring (bicyclic) bond motifs is 3. The lowest BCUT2D eigenvalue weighted by molar-refractivity contribution is -0.181. The molecule has 4 N–H and O–H groups in total. The molecule has 2 saturated carbocycles. The molecule has 2 fully saturated rings. The van der Waals surface area contributed by atoms with Crippen molar-refractivity contribution in [3.05, 3.63) is 29.5 Å². The third-order valence-electron chi connectivity index (χ3n) is 8.34. The highest BCUT2D eigenvalue weighted by Gasteiger charge is 2.69. The highest BCUT2D eigenvalue weighted by molar-refractivity contribution is 6.32. The number of aromatic hydroxyl groups is 1. The predicted molar refractivity (Wildman–Crippen MR) is 135 cm³/mol. The Bertz CT molecular complexity index is 1490. The molecule has 1 aromatic carbocycles. The molecule has 0 bridgehead atoms. The summed E-state index contributed by atoms with van der Waals surface area (Å²) in [6.07, 6.45) is 1.48. The molecule has 0 saturated heterocycles. The van der Waals surface area contributed by atoms with Crippen molar-refractivity contribution in [1.82, 2.24) is 14.9 Å². The molecule has 5 rings (SSSR count). The molecule has 0 spiro atoms. The first-order valence-corrected chi connectivity index (χ1v) is 12.5. The van der Waals surface area contributed by atoms with Crippen LogP contribution < -0.4 is 15.2 Å². The summed E-state index contributed by atoms with van der Waals surface area (Å²) in [5.41, 5.74) is 3.71. The third-order valence-corrected chi connectivity index (χ3v) is 8.34. The quantitative estimate of drug-likeness (QED) is 0.396. The van der Waals surface area contributed by atoms with Crippen molar-refractivity contribution in [2.75, 3.05) is 28.3 Å². The number of likely N-dealkylation sites (N-methyl/N-ethyl adjacent to an activating group) is 1. The number of primary amides is 1. The van der Waals surface area contributed by atoms with E-state index >= 15 is 0 Å². The lowest BCUT2D eigenvalue weighted by Gasteiger charge is -2.52. The van der Waals surface area contributed by atoms with Gasteiger partial charge in [-0.1, -0.05) is 6.07 Å². The molecule has 3 aliphatic rings. The van der Waals surface area contributed by atoms with Crippen molar-refractivity contribution in [3.8, 4) is 28.8 Å². The summed E-state index contributed by atoms with van der Waals surface area (Å²) in [7, 11) is 5.85. The topological polar surface area (TPSA) is 199 Å². The van der Waals surface area contributed by atoms with E-state index in [-0.39, 0.29) is 36.0 Å². The number of ketones is 4.